The van der Waals surface area contributed by atoms with Crippen molar-refractivity contribution in [2.45, 2.75) is 19.9 Å². The molecule has 0 radical (unpaired) electrons. The number of nitrogens with one attached hydrogen (secondary N) is 1. The Kier molecular flexibility index (Phi) is 5.67. The molecule has 0 fully saturated rings. The minimum absolute atomic E-state index is 0.0569. The number of carbonyl (C=O) groups excluding carboxylic acids is 3. The van der Waals surface area contributed by atoms with Crippen LogP contribution in [0.3, 0.4) is 0 Å². The summed E-state index contributed by atoms with van der Waals surface area (Å²) in [6.45, 7) is 3.09. The van der Waals surface area contributed by atoms with Crippen molar-refractivity contribution in [2.24, 2.45) is 0 Å². The molecule has 1 atom stereocenters. The predicted molar refractivity (Wildman–Crippen MR) is 111 cm³/mol. The SMILES string of the molecule is COc1ccc([C@H](CS(C)(=O)=O)N2C(=O)c3cccc(NC(C)=O)c3C2=O)cc1C. The number of aryl methyl sites for hydroxylation is 1. The van der Waals surface area contributed by atoms with Gasteiger partial charge in [-0.25, -0.2) is 8.42 Å². The molecule has 0 spiro atoms. The number of ether oxygens (including phenoxy) is 1. The highest BCUT2D eigenvalue weighted by Gasteiger charge is 2.43. The lowest BCUT2D eigenvalue weighted by Crippen LogP contribution is -2.37. The van der Waals surface area contributed by atoms with Crippen molar-refractivity contribution in [3.8, 4) is 5.75 Å². The van der Waals surface area contributed by atoms with Crippen LogP contribution in [0.5, 0.6) is 5.75 Å². The minimum Gasteiger partial charge on any atom is -0.496 e. The Bertz CT molecular complexity index is 1160. The van der Waals surface area contributed by atoms with E-state index in [4.69, 9.17) is 4.74 Å². The monoisotopic (exact) mass is 430 g/mol. The molecular formula is C21H22N2O6S. The molecule has 1 aliphatic heterocycles. The highest BCUT2D eigenvalue weighted by atomic mass is 32.2. The van der Waals surface area contributed by atoms with Gasteiger partial charge in [0.05, 0.1) is 35.7 Å². The van der Waals surface area contributed by atoms with Gasteiger partial charge in [-0.3, -0.25) is 19.3 Å². The molecule has 9 heteroatoms. The number of anilines is 1. The second-order valence-electron chi connectivity index (χ2n) is 7.23. The number of fused-ring (bicyclic) bond motifs is 1. The van der Waals surface area contributed by atoms with Gasteiger partial charge in [0.15, 0.2) is 0 Å². The topological polar surface area (TPSA) is 110 Å². The van der Waals surface area contributed by atoms with Gasteiger partial charge in [0.1, 0.15) is 15.6 Å². The van der Waals surface area contributed by atoms with Crippen LogP contribution in [0.1, 0.15) is 44.8 Å². The molecule has 0 aliphatic carbocycles. The van der Waals surface area contributed by atoms with Crippen LogP contribution in [0.2, 0.25) is 0 Å². The molecule has 1 N–H and O–H groups in total. The lowest BCUT2D eigenvalue weighted by molar-refractivity contribution is -0.114. The molecule has 0 aromatic heterocycles. The first kappa shape index (κ1) is 21.5. The zero-order chi connectivity index (χ0) is 22.2. The normalized spacial score (nSPS) is 14.5. The van der Waals surface area contributed by atoms with Gasteiger partial charge >= 0.3 is 0 Å². The lowest BCUT2D eigenvalue weighted by atomic mass is 10.0. The summed E-state index contributed by atoms with van der Waals surface area (Å²) in [7, 11) is -2.03. The lowest BCUT2D eigenvalue weighted by Gasteiger charge is -2.26. The van der Waals surface area contributed by atoms with E-state index in [9.17, 15) is 22.8 Å². The molecule has 1 heterocycles. The van der Waals surface area contributed by atoms with Crippen LogP contribution in [0.4, 0.5) is 5.69 Å². The average molecular weight is 430 g/mol. The summed E-state index contributed by atoms with van der Waals surface area (Å²) in [6, 6.07) is 8.55. The van der Waals surface area contributed by atoms with Gasteiger partial charge in [-0.05, 0) is 36.2 Å². The maximum atomic E-state index is 13.3. The Balaban J connectivity index is 2.12. The van der Waals surface area contributed by atoms with Crippen molar-refractivity contribution in [2.75, 3.05) is 24.4 Å². The van der Waals surface area contributed by atoms with E-state index < -0.39 is 33.4 Å². The van der Waals surface area contributed by atoms with Crippen molar-refractivity contribution < 1.29 is 27.5 Å². The number of rotatable bonds is 6. The second-order valence-corrected chi connectivity index (χ2v) is 9.41. The Morgan fingerprint density at radius 2 is 1.87 bits per heavy atom. The van der Waals surface area contributed by atoms with E-state index in [2.05, 4.69) is 5.32 Å². The molecule has 30 heavy (non-hydrogen) atoms. The Labute approximate surface area is 174 Å². The molecule has 0 unspecified atom stereocenters. The molecule has 2 aromatic carbocycles. The molecule has 0 saturated heterocycles. The molecule has 158 valence electrons. The smallest absolute Gasteiger partial charge is 0.264 e. The maximum absolute atomic E-state index is 13.3. The van der Waals surface area contributed by atoms with Gasteiger partial charge in [0.2, 0.25) is 5.91 Å². The van der Waals surface area contributed by atoms with Crippen LogP contribution >= 0.6 is 0 Å². The van der Waals surface area contributed by atoms with Crippen LogP contribution in [-0.4, -0.2) is 50.2 Å². The number of methoxy groups -OCH3 is 1. The summed E-state index contributed by atoms with van der Waals surface area (Å²) < 4.78 is 29.5. The molecular weight excluding hydrogens is 408 g/mol. The zero-order valence-electron chi connectivity index (χ0n) is 17.1. The predicted octanol–water partition coefficient (Wildman–Crippen LogP) is 2.34. The first-order chi connectivity index (χ1) is 14.0. The van der Waals surface area contributed by atoms with E-state index in [1.807, 2.05) is 0 Å². The molecule has 1 aliphatic rings. The summed E-state index contributed by atoms with van der Waals surface area (Å²) in [5, 5.41) is 2.55. The number of amides is 3. The van der Waals surface area contributed by atoms with E-state index in [0.717, 1.165) is 16.7 Å². The molecule has 2 aromatic rings. The summed E-state index contributed by atoms with van der Waals surface area (Å²) >= 11 is 0. The van der Waals surface area contributed by atoms with Gasteiger partial charge in [-0.15, -0.1) is 0 Å². The average Bonchev–Trinajstić information content (AvgIpc) is 2.90. The quantitative estimate of drug-likeness (QED) is 0.705. The van der Waals surface area contributed by atoms with Crippen molar-refractivity contribution in [3.05, 3.63) is 58.7 Å². The number of nitrogens with zero attached hydrogens (tertiary/aromatic N) is 1. The fraction of sp³-hybridized carbons (Fsp3) is 0.286. The third kappa shape index (κ3) is 4.06. The summed E-state index contributed by atoms with van der Waals surface area (Å²) in [6.07, 6.45) is 1.05. The number of carbonyl (C=O) groups is 3. The Morgan fingerprint density at radius 3 is 2.43 bits per heavy atom. The van der Waals surface area contributed by atoms with Crippen LogP contribution in [0.15, 0.2) is 36.4 Å². The van der Waals surface area contributed by atoms with Crippen LogP contribution in [0.25, 0.3) is 0 Å². The summed E-state index contributed by atoms with van der Waals surface area (Å²) in [4.78, 5) is 38.8. The van der Waals surface area contributed by atoms with Crippen LogP contribution < -0.4 is 10.1 Å². The molecule has 3 amide bonds. The highest BCUT2D eigenvalue weighted by Crippen LogP contribution is 2.36. The van der Waals surface area contributed by atoms with Gasteiger partial charge in [0, 0.05) is 13.2 Å². The van der Waals surface area contributed by atoms with Crippen LogP contribution in [0, 0.1) is 6.92 Å². The van der Waals surface area contributed by atoms with E-state index in [-0.39, 0.29) is 22.7 Å². The number of sulfone groups is 1. The van der Waals surface area contributed by atoms with Crippen molar-refractivity contribution >= 4 is 33.2 Å². The first-order valence-electron chi connectivity index (χ1n) is 9.14. The number of benzene rings is 2. The van der Waals surface area contributed by atoms with E-state index in [0.29, 0.717) is 11.3 Å². The molecule has 0 bridgehead atoms. The molecule has 0 saturated carbocycles. The van der Waals surface area contributed by atoms with Crippen molar-refractivity contribution in [3.63, 3.8) is 0 Å². The second kappa shape index (κ2) is 7.91. The standard InChI is InChI=1S/C21H22N2O6S/c1-12-10-14(8-9-18(12)29-3)17(11-30(4,27)28)23-20(25)15-6-5-7-16(22-13(2)24)19(15)21(23)26/h5-10,17H,11H2,1-4H3,(H,22,24)/t17-/m0/s1. The van der Waals surface area contributed by atoms with Crippen molar-refractivity contribution in [1.29, 1.82) is 0 Å². The van der Waals surface area contributed by atoms with Gasteiger partial charge in [-0.2, -0.15) is 0 Å². The van der Waals surface area contributed by atoms with E-state index in [1.54, 1.807) is 31.2 Å². The number of hydrogen-bond acceptors (Lipinski definition) is 6. The maximum Gasteiger partial charge on any atom is 0.264 e. The Hall–Kier alpha value is -3.20. The summed E-state index contributed by atoms with van der Waals surface area (Å²) in [5.41, 5.74) is 1.62. The number of imide groups is 1. The third-order valence-electron chi connectivity index (χ3n) is 4.83. The van der Waals surface area contributed by atoms with Gasteiger partial charge < -0.3 is 10.1 Å². The highest BCUT2D eigenvalue weighted by molar-refractivity contribution is 7.90. The van der Waals surface area contributed by atoms with Gasteiger partial charge in [0.25, 0.3) is 11.8 Å². The fourth-order valence-electron chi connectivity index (χ4n) is 3.60. The molecule has 3 rings (SSSR count). The van der Waals surface area contributed by atoms with E-state index in [1.165, 1.54) is 26.2 Å². The van der Waals surface area contributed by atoms with E-state index >= 15 is 0 Å². The largest absolute Gasteiger partial charge is 0.496 e. The molecule has 8 nitrogen and oxygen atoms in total. The van der Waals surface area contributed by atoms with Gasteiger partial charge in [-0.1, -0.05) is 18.2 Å². The van der Waals surface area contributed by atoms with Crippen LogP contribution in [-0.2, 0) is 14.6 Å². The minimum atomic E-state index is -3.55. The third-order valence-corrected chi connectivity index (χ3v) is 5.75. The summed E-state index contributed by atoms with van der Waals surface area (Å²) in [5.74, 6) is -1.47. The number of hydrogen-bond donors (Lipinski definition) is 1. The van der Waals surface area contributed by atoms with Crippen molar-refractivity contribution in [1.82, 2.24) is 4.90 Å². The zero-order valence-corrected chi connectivity index (χ0v) is 17.9. The first-order valence-corrected chi connectivity index (χ1v) is 11.2. The fourth-order valence-corrected chi connectivity index (χ4v) is 4.51. The Morgan fingerprint density at radius 1 is 1.17 bits per heavy atom.